The van der Waals surface area contributed by atoms with Crippen molar-refractivity contribution in [1.82, 2.24) is 5.01 Å². The number of rotatable bonds is 4. The molecule has 4 nitrogen and oxygen atoms in total. The standard InChI is InChI=1S/C16H18ClF3N2O2/c1-10(2)6-7-13-9-15(24,16(18,19)20)22(21-13)14(23)11-4-3-5-12(17)8-11/h3-5,8,10,24H,6-7,9H2,1-2H3. The second-order valence-electron chi connectivity index (χ2n) is 6.22. The van der Waals surface area contributed by atoms with Crippen molar-refractivity contribution in [1.29, 1.82) is 0 Å². The highest BCUT2D eigenvalue weighted by molar-refractivity contribution is 6.31. The van der Waals surface area contributed by atoms with Crippen LogP contribution < -0.4 is 0 Å². The normalized spacial score (nSPS) is 21.3. The molecule has 0 radical (unpaired) electrons. The number of hydrogen-bond acceptors (Lipinski definition) is 3. The molecule has 1 aromatic rings. The molecule has 0 bridgehead atoms. The largest absolute Gasteiger partial charge is 0.438 e. The van der Waals surface area contributed by atoms with Crippen molar-refractivity contribution in [2.45, 2.75) is 45.0 Å². The SMILES string of the molecule is CC(C)CCC1=NN(C(=O)c2cccc(Cl)c2)C(O)(C(F)(F)F)C1. The second kappa shape index (κ2) is 6.72. The molecule has 0 spiro atoms. The number of halogens is 4. The van der Waals surface area contributed by atoms with Crippen molar-refractivity contribution in [2.24, 2.45) is 11.0 Å². The molecule has 1 unspecified atom stereocenters. The van der Waals surface area contributed by atoms with E-state index in [2.05, 4.69) is 5.10 Å². The van der Waals surface area contributed by atoms with E-state index < -0.39 is 24.2 Å². The van der Waals surface area contributed by atoms with E-state index in [-0.39, 0.29) is 33.6 Å². The molecule has 1 aliphatic heterocycles. The summed E-state index contributed by atoms with van der Waals surface area (Å²) in [6, 6.07) is 5.51. The van der Waals surface area contributed by atoms with Gasteiger partial charge in [0.25, 0.3) is 11.6 Å². The third-order valence-corrected chi connectivity index (χ3v) is 4.01. The molecule has 1 amide bonds. The Kier molecular flexibility index (Phi) is 5.25. The molecule has 1 aromatic carbocycles. The summed E-state index contributed by atoms with van der Waals surface area (Å²) >= 11 is 5.78. The summed E-state index contributed by atoms with van der Waals surface area (Å²) < 4.78 is 40.1. The Morgan fingerprint density at radius 2 is 2.12 bits per heavy atom. The maximum atomic E-state index is 13.4. The number of carbonyl (C=O) groups excluding carboxylic acids is 1. The average molecular weight is 363 g/mol. The Morgan fingerprint density at radius 1 is 1.46 bits per heavy atom. The van der Waals surface area contributed by atoms with Crippen molar-refractivity contribution < 1.29 is 23.1 Å². The highest BCUT2D eigenvalue weighted by Gasteiger charge is 2.63. The summed E-state index contributed by atoms with van der Waals surface area (Å²) in [4.78, 5) is 12.4. The molecule has 0 aromatic heterocycles. The van der Waals surface area contributed by atoms with E-state index in [9.17, 15) is 23.1 Å². The molecule has 0 fully saturated rings. The molecular weight excluding hydrogens is 345 g/mol. The van der Waals surface area contributed by atoms with Crippen molar-refractivity contribution in [2.75, 3.05) is 0 Å². The van der Waals surface area contributed by atoms with Gasteiger partial charge in [-0.15, -0.1) is 0 Å². The minimum Gasteiger partial charge on any atom is -0.362 e. The first-order valence-corrected chi connectivity index (χ1v) is 7.88. The van der Waals surface area contributed by atoms with Crippen LogP contribution in [0.3, 0.4) is 0 Å². The predicted molar refractivity (Wildman–Crippen MR) is 84.8 cm³/mol. The maximum absolute atomic E-state index is 13.4. The van der Waals surface area contributed by atoms with E-state index in [0.717, 1.165) is 0 Å². The van der Waals surface area contributed by atoms with E-state index in [1.54, 1.807) is 0 Å². The number of carbonyl (C=O) groups is 1. The van der Waals surface area contributed by atoms with Crippen LogP contribution in [0.15, 0.2) is 29.4 Å². The Morgan fingerprint density at radius 3 is 2.67 bits per heavy atom. The number of benzene rings is 1. The first-order valence-electron chi connectivity index (χ1n) is 7.50. The number of alkyl halides is 3. The number of hydrazone groups is 1. The lowest BCUT2D eigenvalue weighted by molar-refractivity contribution is -0.297. The minimum absolute atomic E-state index is 0.0703. The molecular formula is C16H18ClF3N2O2. The summed E-state index contributed by atoms with van der Waals surface area (Å²) in [5.74, 6) is -0.777. The maximum Gasteiger partial charge on any atom is 0.438 e. The predicted octanol–water partition coefficient (Wildman–Crippen LogP) is 4.23. The minimum atomic E-state index is -5.02. The lowest BCUT2D eigenvalue weighted by Crippen LogP contribution is -2.56. The third kappa shape index (κ3) is 3.72. The van der Waals surface area contributed by atoms with Gasteiger partial charge in [-0.3, -0.25) is 4.79 Å². The van der Waals surface area contributed by atoms with Crippen molar-refractivity contribution >= 4 is 23.2 Å². The van der Waals surface area contributed by atoms with Crippen LogP contribution in [-0.4, -0.2) is 33.6 Å². The van der Waals surface area contributed by atoms with Gasteiger partial charge >= 0.3 is 6.18 Å². The smallest absolute Gasteiger partial charge is 0.362 e. The van der Waals surface area contributed by atoms with Crippen molar-refractivity contribution in [3.8, 4) is 0 Å². The Labute approximate surface area is 142 Å². The fraction of sp³-hybridized carbons (Fsp3) is 0.500. The van der Waals surface area contributed by atoms with Gasteiger partial charge in [-0.25, -0.2) is 0 Å². The van der Waals surface area contributed by atoms with Crippen LogP contribution >= 0.6 is 11.6 Å². The van der Waals surface area contributed by atoms with E-state index >= 15 is 0 Å². The lowest BCUT2D eigenvalue weighted by atomic mass is 9.99. The number of hydrogen-bond donors (Lipinski definition) is 1. The fourth-order valence-electron chi connectivity index (χ4n) is 2.39. The molecule has 132 valence electrons. The van der Waals surface area contributed by atoms with E-state index in [1.807, 2.05) is 13.8 Å². The van der Waals surface area contributed by atoms with Gasteiger partial charge in [0.05, 0.1) is 0 Å². The van der Waals surface area contributed by atoms with Gasteiger partial charge in [-0.05, 0) is 37.0 Å². The second-order valence-corrected chi connectivity index (χ2v) is 6.65. The van der Waals surface area contributed by atoms with Crippen LogP contribution in [0.2, 0.25) is 5.02 Å². The van der Waals surface area contributed by atoms with Crippen LogP contribution in [0.25, 0.3) is 0 Å². The van der Waals surface area contributed by atoms with Crippen LogP contribution in [0.4, 0.5) is 13.2 Å². The molecule has 24 heavy (non-hydrogen) atoms. The van der Waals surface area contributed by atoms with Gasteiger partial charge in [0.2, 0.25) is 0 Å². The fourth-order valence-corrected chi connectivity index (χ4v) is 2.58. The van der Waals surface area contributed by atoms with Crippen LogP contribution in [0, 0.1) is 5.92 Å². The van der Waals surface area contributed by atoms with E-state index in [1.165, 1.54) is 24.3 Å². The summed E-state index contributed by atoms with van der Waals surface area (Å²) in [6.07, 6.45) is -4.86. The van der Waals surface area contributed by atoms with Crippen LogP contribution in [0.5, 0.6) is 0 Å². The summed E-state index contributed by atoms with van der Waals surface area (Å²) in [6.45, 7) is 3.86. The van der Waals surface area contributed by atoms with Crippen molar-refractivity contribution in [3.63, 3.8) is 0 Å². The van der Waals surface area contributed by atoms with Gasteiger partial charge < -0.3 is 5.11 Å². The van der Waals surface area contributed by atoms with E-state index in [4.69, 9.17) is 11.6 Å². The number of aliphatic hydroxyl groups is 1. The topological polar surface area (TPSA) is 52.9 Å². The highest BCUT2D eigenvalue weighted by atomic mass is 35.5. The molecule has 8 heteroatoms. The van der Waals surface area contributed by atoms with Crippen molar-refractivity contribution in [3.05, 3.63) is 34.9 Å². The van der Waals surface area contributed by atoms with Gasteiger partial charge in [0, 0.05) is 22.7 Å². The molecule has 1 heterocycles. The van der Waals surface area contributed by atoms with Gasteiger partial charge in [0.15, 0.2) is 0 Å². The molecule has 1 N–H and O–H groups in total. The average Bonchev–Trinajstić information content (AvgIpc) is 2.82. The highest BCUT2D eigenvalue weighted by Crippen LogP contribution is 2.41. The molecule has 1 atom stereocenters. The number of amides is 1. The molecule has 0 aliphatic carbocycles. The summed E-state index contributed by atoms with van der Waals surface area (Å²) in [5.41, 5.74) is -3.25. The zero-order chi connectivity index (χ0) is 18.1. The Balaban J connectivity index is 2.35. The molecule has 0 saturated heterocycles. The van der Waals surface area contributed by atoms with Crippen LogP contribution in [-0.2, 0) is 0 Å². The first-order chi connectivity index (χ1) is 11.0. The zero-order valence-corrected chi connectivity index (χ0v) is 14.0. The van der Waals surface area contributed by atoms with Crippen LogP contribution in [0.1, 0.15) is 43.5 Å². The molecule has 2 rings (SSSR count). The Hall–Kier alpha value is -1.60. The quantitative estimate of drug-likeness (QED) is 0.871. The molecule has 1 aliphatic rings. The lowest BCUT2D eigenvalue weighted by Gasteiger charge is -2.32. The van der Waals surface area contributed by atoms with E-state index in [0.29, 0.717) is 6.42 Å². The first kappa shape index (κ1) is 18.7. The Bertz CT molecular complexity index is 661. The van der Waals surface area contributed by atoms with Gasteiger partial charge in [-0.2, -0.15) is 23.3 Å². The zero-order valence-electron chi connectivity index (χ0n) is 13.3. The third-order valence-electron chi connectivity index (χ3n) is 3.77. The van der Waals surface area contributed by atoms with Gasteiger partial charge in [0.1, 0.15) is 0 Å². The van der Waals surface area contributed by atoms with Gasteiger partial charge in [-0.1, -0.05) is 31.5 Å². The monoisotopic (exact) mass is 362 g/mol. The molecule has 0 saturated carbocycles. The number of nitrogens with zero attached hydrogens (tertiary/aromatic N) is 2. The summed E-state index contributed by atoms with van der Waals surface area (Å²) in [7, 11) is 0. The summed E-state index contributed by atoms with van der Waals surface area (Å²) in [5, 5.41) is 14.3.